The Morgan fingerprint density at radius 2 is 1.92 bits per heavy atom. The number of H-pyrrole nitrogens is 1. The minimum Gasteiger partial charge on any atom is -0.387 e. The van der Waals surface area contributed by atoms with Crippen molar-refractivity contribution in [3.8, 4) is 11.4 Å². The van der Waals surface area contributed by atoms with Gasteiger partial charge in [-0.25, -0.2) is 9.98 Å². The van der Waals surface area contributed by atoms with Gasteiger partial charge in [-0.2, -0.15) is 13.2 Å². The minimum atomic E-state index is -4.39. The SMILES string of the molecule is Br.CC(N)=Nc1ccc2nc(-c3cccc(C(F)(F)F)c3)[nH]c2c1. The van der Waals surface area contributed by atoms with Crippen LogP contribution in [0.4, 0.5) is 18.9 Å². The lowest BCUT2D eigenvalue weighted by Crippen LogP contribution is -2.04. The van der Waals surface area contributed by atoms with Gasteiger partial charge >= 0.3 is 6.18 Å². The summed E-state index contributed by atoms with van der Waals surface area (Å²) < 4.78 is 38.4. The Hall–Kier alpha value is -2.35. The van der Waals surface area contributed by atoms with E-state index in [9.17, 15) is 13.2 Å². The summed E-state index contributed by atoms with van der Waals surface area (Å²) in [6, 6.07) is 10.3. The van der Waals surface area contributed by atoms with Crippen LogP contribution in [0.2, 0.25) is 0 Å². The van der Waals surface area contributed by atoms with E-state index in [2.05, 4.69) is 15.0 Å². The molecule has 0 unspecified atom stereocenters. The maximum atomic E-state index is 12.8. The van der Waals surface area contributed by atoms with Gasteiger partial charge in [0, 0.05) is 5.56 Å². The van der Waals surface area contributed by atoms with Gasteiger partial charge in [-0.3, -0.25) is 0 Å². The van der Waals surface area contributed by atoms with E-state index >= 15 is 0 Å². The van der Waals surface area contributed by atoms with E-state index in [0.717, 1.165) is 12.1 Å². The van der Waals surface area contributed by atoms with E-state index in [0.29, 0.717) is 33.9 Å². The molecular weight excluding hydrogens is 385 g/mol. The molecule has 24 heavy (non-hydrogen) atoms. The minimum absolute atomic E-state index is 0. The van der Waals surface area contributed by atoms with Crippen molar-refractivity contribution >= 4 is 39.5 Å². The molecule has 0 aliphatic carbocycles. The van der Waals surface area contributed by atoms with Gasteiger partial charge in [0.05, 0.1) is 28.1 Å². The van der Waals surface area contributed by atoms with E-state index < -0.39 is 11.7 Å². The second-order valence-electron chi connectivity index (χ2n) is 5.12. The number of fused-ring (bicyclic) bond motifs is 1. The van der Waals surface area contributed by atoms with Gasteiger partial charge in [0.25, 0.3) is 0 Å². The number of benzene rings is 2. The third kappa shape index (κ3) is 3.76. The van der Waals surface area contributed by atoms with Crippen molar-refractivity contribution in [1.82, 2.24) is 9.97 Å². The Balaban J connectivity index is 0.00000208. The first-order valence-corrected chi connectivity index (χ1v) is 6.81. The zero-order valence-electron chi connectivity index (χ0n) is 12.6. The summed E-state index contributed by atoms with van der Waals surface area (Å²) in [6.07, 6.45) is -4.39. The second kappa shape index (κ2) is 6.64. The molecule has 0 atom stereocenters. The van der Waals surface area contributed by atoms with Crippen LogP contribution in [0.15, 0.2) is 47.5 Å². The number of halogens is 4. The second-order valence-corrected chi connectivity index (χ2v) is 5.12. The summed E-state index contributed by atoms with van der Waals surface area (Å²) in [4.78, 5) is 11.5. The average Bonchev–Trinajstić information content (AvgIpc) is 2.89. The van der Waals surface area contributed by atoms with Crippen molar-refractivity contribution in [2.24, 2.45) is 10.7 Å². The van der Waals surface area contributed by atoms with Gasteiger partial charge in [0.15, 0.2) is 0 Å². The molecule has 4 nitrogen and oxygen atoms in total. The molecule has 0 amide bonds. The number of nitrogens with two attached hydrogens (primary N) is 1. The summed E-state index contributed by atoms with van der Waals surface area (Å²) in [6.45, 7) is 1.67. The van der Waals surface area contributed by atoms with E-state index in [4.69, 9.17) is 5.73 Å². The van der Waals surface area contributed by atoms with Gasteiger partial charge in [0.2, 0.25) is 0 Å². The number of rotatable bonds is 2. The molecule has 0 saturated carbocycles. The maximum Gasteiger partial charge on any atom is 0.416 e. The first kappa shape index (κ1) is 18.0. The van der Waals surface area contributed by atoms with E-state index in [-0.39, 0.29) is 17.0 Å². The fraction of sp³-hybridized carbons (Fsp3) is 0.125. The zero-order chi connectivity index (χ0) is 16.6. The summed E-state index contributed by atoms with van der Waals surface area (Å²) in [5.41, 5.74) is 7.18. The maximum absolute atomic E-state index is 12.8. The quantitative estimate of drug-likeness (QED) is 0.479. The van der Waals surface area contributed by atoms with Crippen molar-refractivity contribution in [3.63, 3.8) is 0 Å². The van der Waals surface area contributed by atoms with Crippen LogP contribution in [0.25, 0.3) is 22.4 Å². The summed E-state index contributed by atoms with van der Waals surface area (Å²) in [5.74, 6) is 0.790. The van der Waals surface area contributed by atoms with Crippen LogP contribution < -0.4 is 5.73 Å². The third-order valence-corrected chi connectivity index (χ3v) is 3.23. The van der Waals surface area contributed by atoms with E-state index in [1.54, 1.807) is 31.2 Å². The molecule has 1 aromatic heterocycles. The lowest BCUT2D eigenvalue weighted by molar-refractivity contribution is -0.137. The van der Waals surface area contributed by atoms with Crippen molar-refractivity contribution in [3.05, 3.63) is 48.0 Å². The first-order chi connectivity index (χ1) is 10.8. The van der Waals surface area contributed by atoms with Crippen LogP contribution in [-0.2, 0) is 6.18 Å². The van der Waals surface area contributed by atoms with Gasteiger partial charge in [0.1, 0.15) is 5.82 Å². The molecule has 0 bridgehead atoms. The highest BCUT2D eigenvalue weighted by atomic mass is 79.9. The highest BCUT2D eigenvalue weighted by molar-refractivity contribution is 8.93. The molecule has 0 spiro atoms. The average molecular weight is 399 g/mol. The Bertz CT molecular complexity index is 896. The summed E-state index contributed by atoms with van der Waals surface area (Å²) >= 11 is 0. The number of hydrogen-bond acceptors (Lipinski definition) is 2. The summed E-state index contributed by atoms with van der Waals surface area (Å²) in [5, 5.41) is 0. The highest BCUT2D eigenvalue weighted by Crippen LogP contribution is 2.32. The van der Waals surface area contributed by atoms with Crippen molar-refractivity contribution in [2.45, 2.75) is 13.1 Å². The number of nitrogens with one attached hydrogen (secondary N) is 1. The van der Waals surface area contributed by atoms with Crippen LogP contribution in [0.3, 0.4) is 0 Å². The lowest BCUT2D eigenvalue weighted by atomic mass is 10.1. The van der Waals surface area contributed by atoms with Crippen molar-refractivity contribution < 1.29 is 13.2 Å². The number of hydrogen-bond donors (Lipinski definition) is 2. The molecule has 0 aliphatic rings. The Morgan fingerprint density at radius 1 is 1.17 bits per heavy atom. The number of amidine groups is 1. The third-order valence-electron chi connectivity index (χ3n) is 3.23. The molecule has 0 saturated heterocycles. The van der Waals surface area contributed by atoms with Crippen LogP contribution in [0.5, 0.6) is 0 Å². The number of aliphatic imine (C=N–C) groups is 1. The van der Waals surface area contributed by atoms with Crippen LogP contribution >= 0.6 is 17.0 Å². The molecule has 1 heterocycles. The van der Waals surface area contributed by atoms with Crippen LogP contribution in [0, 0.1) is 0 Å². The molecule has 2 aromatic carbocycles. The number of imidazole rings is 1. The summed E-state index contributed by atoms with van der Waals surface area (Å²) in [7, 11) is 0. The molecule has 3 aromatic rings. The fourth-order valence-corrected chi connectivity index (χ4v) is 2.25. The number of alkyl halides is 3. The number of aromatic nitrogens is 2. The van der Waals surface area contributed by atoms with Crippen molar-refractivity contribution in [2.75, 3.05) is 0 Å². The number of aromatic amines is 1. The molecule has 0 radical (unpaired) electrons. The van der Waals surface area contributed by atoms with E-state index in [1.165, 1.54) is 6.07 Å². The van der Waals surface area contributed by atoms with E-state index in [1.807, 2.05) is 0 Å². The van der Waals surface area contributed by atoms with Crippen LogP contribution in [-0.4, -0.2) is 15.8 Å². The lowest BCUT2D eigenvalue weighted by Gasteiger charge is -2.07. The number of nitrogens with zero attached hydrogens (tertiary/aromatic N) is 2. The van der Waals surface area contributed by atoms with Crippen LogP contribution in [0.1, 0.15) is 12.5 Å². The van der Waals surface area contributed by atoms with Gasteiger partial charge in [-0.1, -0.05) is 12.1 Å². The highest BCUT2D eigenvalue weighted by Gasteiger charge is 2.30. The molecule has 3 N–H and O–H groups in total. The Kier molecular flexibility index (Phi) is 4.98. The normalized spacial score (nSPS) is 12.2. The molecule has 126 valence electrons. The molecule has 0 aliphatic heterocycles. The predicted octanol–water partition coefficient (Wildman–Crippen LogP) is 4.84. The van der Waals surface area contributed by atoms with Crippen molar-refractivity contribution in [1.29, 1.82) is 0 Å². The monoisotopic (exact) mass is 398 g/mol. The molecule has 0 fully saturated rings. The Morgan fingerprint density at radius 3 is 2.58 bits per heavy atom. The molecular formula is C16H14BrF3N4. The van der Waals surface area contributed by atoms with Gasteiger partial charge < -0.3 is 10.7 Å². The zero-order valence-corrected chi connectivity index (χ0v) is 14.3. The van der Waals surface area contributed by atoms with Gasteiger partial charge in [-0.05, 0) is 37.3 Å². The van der Waals surface area contributed by atoms with Gasteiger partial charge in [-0.15, -0.1) is 17.0 Å². The Labute approximate surface area is 146 Å². The smallest absolute Gasteiger partial charge is 0.387 e. The molecule has 3 rings (SSSR count). The largest absolute Gasteiger partial charge is 0.416 e. The molecule has 8 heteroatoms. The predicted molar refractivity (Wildman–Crippen MR) is 93.8 cm³/mol. The fourth-order valence-electron chi connectivity index (χ4n) is 2.25. The standard InChI is InChI=1S/C16H13F3N4.BrH/c1-9(20)21-12-5-6-13-14(8-12)23-15(22-13)10-3-2-4-11(7-10)16(17,18)19;/h2-8H,1H3,(H2,20,21)(H,22,23);1H. The topological polar surface area (TPSA) is 67.1 Å². The first-order valence-electron chi connectivity index (χ1n) is 6.81.